The van der Waals surface area contributed by atoms with Crippen molar-refractivity contribution < 1.29 is 27.1 Å². The summed E-state index contributed by atoms with van der Waals surface area (Å²) in [5.41, 5.74) is 4.22. The Labute approximate surface area is 229 Å². The number of carbonyl (C=O) groups excluding carboxylic acids is 1. The number of hydrogen-bond donors (Lipinski definition) is 3. The van der Waals surface area contributed by atoms with Crippen LogP contribution in [0.25, 0.3) is 22.3 Å². The highest BCUT2D eigenvalue weighted by molar-refractivity contribution is 9.10. The number of amides is 1. The van der Waals surface area contributed by atoms with E-state index < -0.39 is 16.7 Å². The number of carbonyl (C=O) groups is 1. The van der Waals surface area contributed by atoms with Gasteiger partial charge >= 0.3 is 0 Å². The van der Waals surface area contributed by atoms with Gasteiger partial charge in [0, 0.05) is 35.1 Å². The highest BCUT2D eigenvalue weighted by Gasteiger charge is 2.32. The van der Waals surface area contributed by atoms with Crippen molar-refractivity contribution in [2.75, 3.05) is 18.0 Å². The van der Waals surface area contributed by atoms with Crippen LogP contribution in [0, 0.1) is 5.82 Å². The topological polar surface area (TPSA) is 99.8 Å². The predicted octanol–water partition coefficient (Wildman–Crippen LogP) is 5.31. The Morgan fingerprint density at radius 1 is 1.16 bits per heavy atom. The SMILES string of the molecule is CNC(=O)c1c(-c2ccc(F)cc2)oc2cc(N(Cc3ccc(Br)c(CCO)c3)[SH](=O)=O)c(C3CC3)cc12. The van der Waals surface area contributed by atoms with Crippen LogP contribution in [0.3, 0.4) is 0 Å². The maximum Gasteiger partial charge on any atom is 0.255 e. The number of aliphatic hydroxyl groups is 1. The van der Waals surface area contributed by atoms with E-state index in [0.717, 1.165) is 34.0 Å². The summed E-state index contributed by atoms with van der Waals surface area (Å²) in [6.07, 6.45) is 2.27. The molecular weight excluding hydrogens is 575 g/mol. The molecule has 1 aromatic heterocycles. The van der Waals surface area contributed by atoms with Crippen molar-refractivity contribution >= 4 is 49.4 Å². The van der Waals surface area contributed by atoms with Gasteiger partial charge in [-0.3, -0.25) is 9.10 Å². The summed E-state index contributed by atoms with van der Waals surface area (Å²) in [6, 6.07) is 14.8. The molecule has 4 aromatic rings. The lowest BCUT2D eigenvalue weighted by atomic mass is 10.00. The molecule has 3 aromatic carbocycles. The summed E-state index contributed by atoms with van der Waals surface area (Å²) in [7, 11) is -1.49. The number of aliphatic hydroxyl groups excluding tert-OH is 1. The lowest BCUT2D eigenvalue weighted by molar-refractivity contribution is 0.0964. The molecule has 2 N–H and O–H groups in total. The zero-order valence-electron chi connectivity index (χ0n) is 20.5. The first-order valence-corrected chi connectivity index (χ1v) is 14.1. The van der Waals surface area contributed by atoms with E-state index in [0.29, 0.717) is 34.2 Å². The van der Waals surface area contributed by atoms with Gasteiger partial charge in [-0.05, 0) is 78.3 Å². The molecule has 1 fully saturated rings. The van der Waals surface area contributed by atoms with Gasteiger partial charge in [0.15, 0.2) is 0 Å². The summed E-state index contributed by atoms with van der Waals surface area (Å²) >= 11 is 3.48. The van der Waals surface area contributed by atoms with Crippen molar-refractivity contribution in [3.05, 3.63) is 87.1 Å². The molecule has 5 rings (SSSR count). The molecule has 1 heterocycles. The van der Waals surface area contributed by atoms with Crippen LogP contribution in [0.4, 0.5) is 10.1 Å². The second-order valence-corrected chi connectivity index (χ2v) is 11.1. The van der Waals surface area contributed by atoms with E-state index in [-0.39, 0.29) is 30.7 Å². The highest BCUT2D eigenvalue weighted by Crippen LogP contribution is 2.48. The van der Waals surface area contributed by atoms with E-state index in [1.54, 1.807) is 18.2 Å². The summed E-state index contributed by atoms with van der Waals surface area (Å²) in [5, 5.41) is 12.6. The van der Waals surface area contributed by atoms with E-state index >= 15 is 0 Å². The van der Waals surface area contributed by atoms with E-state index in [4.69, 9.17) is 4.42 Å². The minimum atomic E-state index is -3.01. The number of nitrogens with zero attached hydrogens (tertiary/aromatic N) is 1. The first-order valence-electron chi connectivity index (χ1n) is 12.2. The minimum absolute atomic E-state index is 0.0212. The third-order valence-electron chi connectivity index (χ3n) is 6.71. The van der Waals surface area contributed by atoms with Crippen molar-refractivity contribution in [2.24, 2.45) is 0 Å². The lowest BCUT2D eigenvalue weighted by Gasteiger charge is -2.22. The van der Waals surface area contributed by atoms with Gasteiger partial charge in [0.25, 0.3) is 5.91 Å². The Morgan fingerprint density at radius 2 is 1.89 bits per heavy atom. The van der Waals surface area contributed by atoms with Crippen molar-refractivity contribution in [3.63, 3.8) is 0 Å². The van der Waals surface area contributed by atoms with Gasteiger partial charge < -0.3 is 14.8 Å². The third-order valence-corrected chi connectivity index (χ3v) is 8.24. The van der Waals surface area contributed by atoms with Gasteiger partial charge in [0.1, 0.15) is 17.2 Å². The van der Waals surface area contributed by atoms with Gasteiger partial charge in [0.05, 0.1) is 17.8 Å². The van der Waals surface area contributed by atoms with Crippen LogP contribution in [-0.2, 0) is 23.9 Å². The standard InChI is InChI=1S/C28H26BrFN2O5S/c1-31-28(34)26-22-13-21(17-3-4-17)24(14-25(22)37-27(26)18-5-7-20(30)8-6-18)32(38(35)36)15-16-2-9-23(29)19(12-16)10-11-33/h2,5-9,12-14,17,33,38H,3-4,10-11,15H2,1H3,(H,31,34). The van der Waals surface area contributed by atoms with E-state index in [9.17, 15) is 22.7 Å². The number of rotatable bonds is 9. The van der Waals surface area contributed by atoms with Crippen LogP contribution in [0.2, 0.25) is 0 Å². The maximum absolute atomic E-state index is 13.6. The normalized spacial score (nSPS) is 13.3. The largest absolute Gasteiger partial charge is 0.455 e. The number of benzene rings is 3. The highest BCUT2D eigenvalue weighted by atomic mass is 79.9. The number of anilines is 1. The zero-order chi connectivity index (χ0) is 27.0. The lowest BCUT2D eigenvalue weighted by Crippen LogP contribution is -2.22. The van der Waals surface area contributed by atoms with Gasteiger partial charge in [-0.1, -0.05) is 28.1 Å². The first kappa shape index (κ1) is 26.4. The number of furan rings is 1. The van der Waals surface area contributed by atoms with Gasteiger partial charge in [-0.25, -0.2) is 12.8 Å². The molecule has 1 amide bonds. The monoisotopic (exact) mass is 600 g/mol. The van der Waals surface area contributed by atoms with Crippen molar-refractivity contribution in [2.45, 2.75) is 31.7 Å². The molecule has 7 nitrogen and oxygen atoms in total. The Kier molecular flexibility index (Phi) is 7.56. The molecule has 0 saturated heterocycles. The van der Waals surface area contributed by atoms with Crippen LogP contribution < -0.4 is 9.62 Å². The molecule has 38 heavy (non-hydrogen) atoms. The fraction of sp³-hybridized carbons (Fsp3) is 0.250. The minimum Gasteiger partial charge on any atom is -0.455 e. The van der Waals surface area contributed by atoms with Crippen molar-refractivity contribution in [3.8, 4) is 11.3 Å². The van der Waals surface area contributed by atoms with Crippen LogP contribution in [0.1, 0.15) is 45.8 Å². The van der Waals surface area contributed by atoms with E-state index in [2.05, 4.69) is 21.2 Å². The Morgan fingerprint density at radius 3 is 2.53 bits per heavy atom. The number of nitrogens with one attached hydrogen (secondary N) is 1. The summed E-state index contributed by atoms with van der Waals surface area (Å²) in [6.45, 7) is 0.0795. The fourth-order valence-corrected chi connectivity index (χ4v) is 5.76. The number of fused-ring (bicyclic) bond motifs is 1. The van der Waals surface area contributed by atoms with Crippen molar-refractivity contribution in [1.29, 1.82) is 0 Å². The average molecular weight is 601 g/mol. The predicted molar refractivity (Wildman–Crippen MR) is 148 cm³/mol. The molecule has 1 aliphatic carbocycles. The molecule has 10 heteroatoms. The zero-order valence-corrected chi connectivity index (χ0v) is 23.0. The summed E-state index contributed by atoms with van der Waals surface area (Å²) in [5.74, 6) is -0.300. The van der Waals surface area contributed by atoms with Crippen molar-refractivity contribution in [1.82, 2.24) is 5.32 Å². The molecule has 0 radical (unpaired) electrons. The van der Waals surface area contributed by atoms with Gasteiger partial charge in [-0.2, -0.15) is 0 Å². The van der Waals surface area contributed by atoms with Gasteiger partial charge in [-0.15, -0.1) is 0 Å². The Hall–Kier alpha value is -3.21. The van der Waals surface area contributed by atoms with E-state index in [1.165, 1.54) is 23.5 Å². The number of hydrogen-bond acceptors (Lipinski definition) is 5. The second kappa shape index (κ2) is 10.9. The Bertz CT molecular complexity index is 1590. The van der Waals surface area contributed by atoms with Crippen LogP contribution in [0.15, 0.2) is 63.5 Å². The number of thiol groups is 1. The smallest absolute Gasteiger partial charge is 0.255 e. The summed E-state index contributed by atoms with van der Waals surface area (Å²) < 4.78 is 47.1. The molecule has 1 saturated carbocycles. The van der Waals surface area contributed by atoms with Gasteiger partial charge in [0.2, 0.25) is 10.9 Å². The quantitative estimate of drug-likeness (QED) is 0.226. The van der Waals surface area contributed by atoms with Crippen LogP contribution in [-0.4, -0.2) is 33.1 Å². The summed E-state index contributed by atoms with van der Waals surface area (Å²) in [4.78, 5) is 13.0. The number of halogens is 2. The average Bonchev–Trinajstić information content (AvgIpc) is 3.68. The molecule has 0 atom stereocenters. The molecule has 0 unspecified atom stereocenters. The molecular formula is C28H26BrFN2O5S. The Balaban J connectivity index is 1.66. The molecule has 1 aliphatic rings. The first-order chi connectivity index (χ1) is 18.3. The third kappa shape index (κ3) is 5.21. The molecule has 0 spiro atoms. The fourth-order valence-electron chi connectivity index (χ4n) is 4.69. The van der Waals surface area contributed by atoms with Crippen LogP contribution >= 0.6 is 15.9 Å². The molecule has 0 aliphatic heterocycles. The molecule has 0 bridgehead atoms. The van der Waals surface area contributed by atoms with E-state index in [1.807, 2.05) is 24.3 Å². The maximum atomic E-state index is 13.6. The second-order valence-electron chi connectivity index (χ2n) is 9.27. The molecule has 198 valence electrons. The van der Waals surface area contributed by atoms with Crippen LogP contribution in [0.5, 0.6) is 0 Å².